The van der Waals surface area contributed by atoms with Crippen LogP contribution in [0.25, 0.3) is 5.69 Å². The molecule has 0 aliphatic carbocycles. The Hall–Kier alpha value is -3.67. The second-order valence-corrected chi connectivity index (χ2v) is 7.17. The van der Waals surface area contributed by atoms with Gasteiger partial charge in [-0.2, -0.15) is 10.2 Å². The first kappa shape index (κ1) is 18.7. The summed E-state index contributed by atoms with van der Waals surface area (Å²) in [4.78, 5) is 12.8. The van der Waals surface area contributed by atoms with Crippen molar-refractivity contribution < 1.29 is 4.79 Å². The van der Waals surface area contributed by atoms with E-state index >= 15 is 0 Å². The minimum Gasteiger partial charge on any atom is -0.322 e. The van der Waals surface area contributed by atoms with Gasteiger partial charge in [-0.25, -0.2) is 4.68 Å². The second-order valence-electron chi connectivity index (χ2n) is 7.17. The van der Waals surface area contributed by atoms with Gasteiger partial charge in [0.1, 0.15) is 0 Å². The molecule has 0 saturated heterocycles. The number of hydrogen-bond donors (Lipinski definition) is 1. The molecule has 1 amide bonds. The predicted octanol–water partition coefficient (Wildman–Crippen LogP) is 4.29. The molecule has 0 unspecified atom stereocenters. The molecular weight excluding hydrogens is 362 g/mol. The van der Waals surface area contributed by atoms with Crippen LogP contribution in [0.4, 0.5) is 5.69 Å². The minimum atomic E-state index is -0.144. The quantitative estimate of drug-likeness (QED) is 0.557. The summed E-state index contributed by atoms with van der Waals surface area (Å²) >= 11 is 0. The van der Waals surface area contributed by atoms with Crippen molar-refractivity contribution in [1.29, 1.82) is 0 Å². The van der Waals surface area contributed by atoms with Crippen LogP contribution in [0.2, 0.25) is 0 Å². The van der Waals surface area contributed by atoms with E-state index in [0.717, 1.165) is 34.0 Å². The topological polar surface area (TPSA) is 64.7 Å². The second kappa shape index (κ2) is 7.75. The van der Waals surface area contributed by atoms with Crippen molar-refractivity contribution in [3.8, 4) is 5.69 Å². The zero-order chi connectivity index (χ0) is 20.4. The lowest BCUT2D eigenvalue weighted by Crippen LogP contribution is -2.13. The number of carbonyl (C=O) groups is 1. The molecule has 4 aromatic rings. The van der Waals surface area contributed by atoms with Crippen molar-refractivity contribution in [2.45, 2.75) is 27.3 Å². The molecule has 2 heterocycles. The number of nitrogens with one attached hydrogen (secondary N) is 1. The van der Waals surface area contributed by atoms with Crippen molar-refractivity contribution >= 4 is 11.6 Å². The molecule has 29 heavy (non-hydrogen) atoms. The van der Waals surface area contributed by atoms with Gasteiger partial charge in [0.15, 0.2) is 0 Å². The Morgan fingerprint density at radius 2 is 1.79 bits per heavy atom. The zero-order valence-electron chi connectivity index (χ0n) is 16.8. The van der Waals surface area contributed by atoms with E-state index in [4.69, 9.17) is 0 Å². The molecule has 2 aromatic carbocycles. The molecule has 0 saturated carbocycles. The lowest BCUT2D eigenvalue weighted by atomic mass is 10.1. The highest BCUT2D eigenvalue weighted by molar-refractivity contribution is 6.04. The van der Waals surface area contributed by atoms with Crippen LogP contribution in [0.15, 0.2) is 66.9 Å². The normalized spacial score (nSPS) is 10.9. The summed E-state index contributed by atoms with van der Waals surface area (Å²) in [6.45, 7) is 6.64. The molecule has 0 bridgehead atoms. The van der Waals surface area contributed by atoms with Crippen molar-refractivity contribution in [3.63, 3.8) is 0 Å². The Bertz CT molecular complexity index is 1170. The van der Waals surface area contributed by atoms with Crippen molar-refractivity contribution in [2.24, 2.45) is 0 Å². The summed E-state index contributed by atoms with van der Waals surface area (Å²) in [5, 5.41) is 11.8. The standard InChI is InChI=1S/C23H23N5O/c1-16-12-18(3)27(26-16)15-19-6-4-7-20(13-19)23(29)25-21-8-5-9-22(14-21)28-17(2)10-11-24-28/h4-14H,15H2,1-3H3,(H,25,29). The summed E-state index contributed by atoms with van der Waals surface area (Å²) in [5.41, 5.74) is 6.40. The first-order valence-corrected chi connectivity index (χ1v) is 9.52. The highest BCUT2D eigenvalue weighted by Gasteiger charge is 2.10. The van der Waals surface area contributed by atoms with Gasteiger partial charge < -0.3 is 5.32 Å². The Morgan fingerprint density at radius 3 is 2.52 bits per heavy atom. The lowest BCUT2D eigenvalue weighted by molar-refractivity contribution is 0.102. The van der Waals surface area contributed by atoms with Crippen molar-refractivity contribution in [3.05, 3.63) is 95.1 Å². The molecule has 6 heteroatoms. The van der Waals surface area contributed by atoms with Crippen LogP contribution in [-0.4, -0.2) is 25.5 Å². The van der Waals surface area contributed by atoms with E-state index < -0.39 is 0 Å². The van der Waals surface area contributed by atoms with E-state index in [1.54, 1.807) is 6.20 Å². The fourth-order valence-corrected chi connectivity index (χ4v) is 3.38. The number of rotatable bonds is 5. The molecule has 0 spiro atoms. The van der Waals surface area contributed by atoms with Gasteiger partial charge in [-0.3, -0.25) is 9.48 Å². The number of aromatic nitrogens is 4. The molecule has 146 valence electrons. The maximum absolute atomic E-state index is 12.8. The predicted molar refractivity (Wildman–Crippen MR) is 113 cm³/mol. The van der Waals surface area contributed by atoms with Gasteiger partial charge in [0.25, 0.3) is 5.91 Å². The lowest BCUT2D eigenvalue weighted by Gasteiger charge is -2.10. The molecule has 0 radical (unpaired) electrons. The Kier molecular flexibility index (Phi) is 4.99. The fourth-order valence-electron chi connectivity index (χ4n) is 3.38. The van der Waals surface area contributed by atoms with Gasteiger partial charge in [-0.05, 0) is 68.8 Å². The van der Waals surface area contributed by atoms with Crippen LogP contribution in [-0.2, 0) is 6.54 Å². The monoisotopic (exact) mass is 385 g/mol. The molecular formula is C23H23N5O. The first-order valence-electron chi connectivity index (χ1n) is 9.52. The molecule has 0 atom stereocenters. The number of benzene rings is 2. The van der Waals surface area contributed by atoms with Gasteiger partial charge in [-0.15, -0.1) is 0 Å². The maximum atomic E-state index is 12.8. The Morgan fingerprint density at radius 1 is 0.966 bits per heavy atom. The maximum Gasteiger partial charge on any atom is 0.255 e. The molecule has 6 nitrogen and oxygen atoms in total. The summed E-state index contributed by atoms with van der Waals surface area (Å²) in [7, 11) is 0. The summed E-state index contributed by atoms with van der Waals surface area (Å²) in [6, 6.07) is 19.3. The van der Waals surface area contributed by atoms with E-state index in [2.05, 4.69) is 15.5 Å². The largest absolute Gasteiger partial charge is 0.322 e. The fraction of sp³-hybridized carbons (Fsp3) is 0.174. The van der Waals surface area contributed by atoms with Crippen LogP contribution in [0.1, 0.15) is 33.0 Å². The molecule has 0 aliphatic rings. The molecule has 0 fully saturated rings. The van der Waals surface area contributed by atoms with Gasteiger partial charge in [0, 0.05) is 28.8 Å². The van der Waals surface area contributed by atoms with Crippen LogP contribution in [0.5, 0.6) is 0 Å². The van der Waals surface area contributed by atoms with Crippen molar-refractivity contribution in [2.75, 3.05) is 5.32 Å². The van der Waals surface area contributed by atoms with E-state index in [1.807, 2.05) is 90.8 Å². The highest BCUT2D eigenvalue weighted by Crippen LogP contribution is 2.17. The van der Waals surface area contributed by atoms with Crippen LogP contribution in [0, 0.1) is 20.8 Å². The number of aryl methyl sites for hydroxylation is 3. The zero-order valence-corrected chi connectivity index (χ0v) is 16.8. The van der Waals surface area contributed by atoms with Crippen LogP contribution in [0.3, 0.4) is 0 Å². The molecule has 1 N–H and O–H groups in total. The van der Waals surface area contributed by atoms with Crippen LogP contribution < -0.4 is 5.32 Å². The molecule has 2 aromatic heterocycles. The SMILES string of the molecule is Cc1cc(C)n(Cc2cccc(C(=O)Nc3cccc(-n4nccc4C)c3)c2)n1. The van der Waals surface area contributed by atoms with Crippen molar-refractivity contribution in [1.82, 2.24) is 19.6 Å². The van der Waals surface area contributed by atoms with Gasteiger partial charge in [0.2, 0.25) is 0 Å². The third kappa shape index (κ3) is 4.11. The van der Waals surface area contributed by atoms with E-state index in [1.165, 1.54) is 0 Å². The summed E-state index contributed by atoms with van der Waals surface area (Å²) in [6.07, 6.45) is 1.76. The minimum absolute atomic E-state index is 0.144. The average molecular weight is 385 g/mol. The highest BCUT2D eigenvalue weighted by atomic mass is 16.1. The van der Waals surface area contributed by atoms with Gasteiger partial charge in [0.05, 0.1) is 17.9 Å². The third-order valence-corrected chi connectivity index (χ3v) is 4.81. The van der Waals surface area contributed by atoms with E-state index in [9.17, 15) is 4.79 Å². The Labute approximate surface area is 169 Å². The van der Waals surface area contributed by atoms with Crippen LogP contribution >= 0.6 is 0 Å². The average Bonchev–Trinajstić information content (AvgIpc) is 3.26. The Balaban J connectivity index is 1.52. The summed E-state index contributed by atoms with van der Waals surface area (Å²) < 4.78 is 3.78. The number of nitrogens with zero attached hydrogens (tertiary/aromatic N) is 4. The van der Waals surface area contributed by atoms with E-state index in [-0.39, 0.29) is 5.91 Å². The summed E-state index contributed by atoms with van der Waals surface area (Å²) in [5.74, 6) is -0.144. The molecule has 0 aliphatic heterocycles. The smallest absolute Gasteiger partial charge is 0.255 e. The number of hydrogen-bond acceptors (Lipinski definition) is 3. The number of anilines is 1. The first-order chi connectivity index (χ1) is 14.0. The van der Waals surface area contributed by atoms with E-state index in [0.29, 0.717) is 12.1 Å². The number of carbonyl (C=O) groups excluding carboxylic acids is 1. The van der Waals surface area contributed by atoms with Gasteiger partial charge in [-0.1, -0.05) is 18.2 Å². The molecule has 4 rings (SSSR count). The third-order valence-electron chi connectivity index (χ3n) is 4.81. The van der Waals surface area contributed by atoms with Gasteiger partial charge >= 0.3 is 0 Å². The number of amides is 1.